The van der Waals surface area contributed by atoms with Crippen LogP contribution in [0.25, 0.3) is 0 Å². The van der Waals surface area contributed by atoms with Gasteiger partial charge in [-0.15, -0.1) is 0 Å². The molecule has 1 unspecified atom stereocenters. The molecule has 1 aliphatic rings. The van der Waals surface area contributed by atoms with Crippen LogP contribution in [-0.4, -0.2) is 52.2 Å². The van der Waals surface area contributed by atoms with Crippen molar-refractivity contribution in [1.29, 1.82) is 0 Å². The van der Waals surface area contributed by atoms with Crippen LogP contribution in [0.3, 0.4) is 0 Å². The zero-order valence-electron chi connectivity index (χ0n) is 16.5. The number of carbonyl (C=O) groups is 4. The molecule has 0 saturated carbocycles. The number of rotatable bonds is 9. The fourth-order valence-electron chi connectivity index (χ4n) is 3.59. The van der Waals surface area contributed by atoms with Crippen LogP contribution in [0.2, 0.25) is 0 Å². The van der Waals surface area contributed by atoms with Gasteiger partial charge in [0, 0.05) is 31.4 Å². The molecule has 1 aromatic heterocycles. The third-order valence-corrected chi connectivity index (χ3v) is 5.93. The smallest absolute Gasteiger partial charge is 0.326 e. The number of carbonyl (C=O) groups excluding carboxylic acids is 3. The number of nitrogens with one attached hydrogen (secondary N) is 1. The van der Waals surface area contributed by atoms with Crippen molar-refractivity contribution in [3.8, 4) is 0 Å². The molecule has 0 bridgehead atoms. The summed E-state index contributed by atoms with van der Waals surface area (Å²) in [5.41, 5.74) is 1.39. The van der Waals surface area contributed by atoms with Gasteiger partial charge >= 0.3 is 5.97 Å². The SMILES string of the molecule is O=C(NC(Cc1ccsc1)C(=O)CCC(=O)N1CCC[C@H]1C(=O)O)c1ccccc1. The number of carboxylic acids is 1. The van der Waals surface area contributed by atoms with Crippen LogP contribution in [0.1, 0.15) is 41.6 Å². The monoisotopic (exact) mass is 428 g/mol. The molecule has 2 atom stereocenters. The Morgan fingerprint density at radius 2 is 1.90 bits per heavy atom. The predicted molar refractivity (Wildman–Crippen MR) is 112 cm³/mol. The predicted octanol–water partition coefficient (Wildman–Crippen LogP) is 2.51. The number of hydrogen-bond acceptors (Lipinski definition) is 5. The molecule has 2 heterocycles. The van der Waals surface area contributed by atoms with Crippen molar-refractivity contribution in [2.45, 2.75) is 44.2 Å². The summed E-state index contributed by atoms with van der Waals surface area (Å²) >= 11 is 1.51. The number of ketones is 1. The van der Waals surface area contributed by atoms with E-state index in [2.05, 4.69) is 5.32 Å². The average Bonchev–Trinajstić information content (AvgIpc) is 3.44. The number of nitrogens with zero attached hydrogens (tertiary/aromatic N) is 1. The van der Waals surface area contributed by atoms with E-state index in [0.29, 0.717) is 31.4 Å². The maximum atomic E-state index is 12.9. The number of hydrogen-bond donors (Lipinski definition) is 2. The first kappa shape index (κ1) is 21.7. The van der Waals surface area contributed by atoms with E-state index in [1.54, 1.807) is 30.3 Å². The number of carboxylic acid groups (broad SMARTS) is 1. The van der Waals surface area contributed by atoms with Gasteiger partial charge in [0.05, 0.1) is 6.04 Å². The number of Topliss-reactive ketones (excluding diaryl/α,β-unsaturated/α-hetero) is 1. The van der Waals surface area contributed by atoms with Crippen molar-refractivity contribution in [2.24, 2.45) is 0 Å². The molecule has 8 heteroatoms. The standard InChI is InChI=1S/C22H24N2O5S/c25-19(8-9-20(26)24-11-4-7-18(24)22(28)29)17(13-15-10-12-30-14-15)23-21(27)16-5-2-1-3-6-16/h1-3,5-6,10,12,14,17-18H,4,7-9,11,13H2,(H,23,27)(H,28,29)/t17?,18-/m0/s1. The van der Waals surface area contributed by atoms with Crippen LogP contribution in [0, 0.1) is 0 Å². The molecule has 3 rings (SSSR count). The molecule has 1 aromatic carbocycles. The van der Waals surface area contributed by atoms with E-state index in [1.807, 2.05) is 16.8 Å². The normalized spacial score (nSPS) is 16.8. The Kier molecular flexibility index (Phi) is 7.35. The maximum absolute atomic E-state index is 12.9. The summed E-state index contributed by atoms with van der Waals surface area (Å²) in [6.07, 6.45) is 1.31. The molecule has 0 radical (unpaired) electrons. The largest absolute Gasteiger partial charge is 0.480 e. The number of aliphatic carboxylic acids is 1. The van der Waals surface area contributed by atoms with Crippen molar-refractivity contribution in [1.82, 2.24) is 10.2 Å². The molecule has 1 fully saturated rings. The highest BCUT2D eigenvalue weighted by molar-refractivity contribution is 7.07. The van der Waals surface area contributed by atoms with Gasteiger partial charge in [-0.1, -0.05) is 18.2 Å². The van der Waals surface area contributed by atoms with E-state index in [0.717, 1.165) is 5.56 Å². The Bertz CT molecular complexity index is 898. The average molecular weight is 429 g/mol. The lowest BCUT2D eigenvalue weighted by molar-refractivity contribution is -0.148. The van der Waals surface area contributed by atoms with Gasteiger partial charge in [0.1, 0.15) is 6.04 Å². The van der Waals surface area contributed by atoms with Gasteiger partial charge in [-0.25, -0.2) is 4.79 Å². The summed E-state index contributed by atoms with van der Waals surface area (Å²) in [6, 6.07) is 8.97. The summed E-state index contributed by atoms with van der Waals surface area (Å²) in [6.45, 7) is 0.396. The molecule has 2 N–H and O–H groups in total. The van der Waals surface area contributed by atoms with E-state index < -0.39 is 18.1 Å². The first-order valence-corrected chi connectivity index (χ1v) is 10.8. The summed E-state index contributed by atoms with van der Waals surface area (Å²) in [4.78, 5) is 50.5. The third-order valence-electron chi connectivity index (χ3n) is 5.19. The van der Waals surface area contributed by atoms with Crippen molar-refractivity contribution >= 4 is 34.9 Å². The summed E-state index contributed by atoms with van der Waals surface area (Å²) in [7, 11) is 0. The minimum Gasteiger partial charge on any atom is -0.480 e. The molecule has 0 aliphatic carbocycles. The summed E-state index contributed by atoms with van der Waals surface area (Å²) in [5.74, 6) is -1.94. The van der Waals surface area contributed by atoms with Gasteiger partial charge in [0.25, 0.3) is 5.91 Å². The van der Waals surface area contributed by atoms with Gasteiger partial charge in [-0.3, -0.25) is 14.4 Å². The van der Waals surface area contributed by atoms with Gasteiger partial charge in [-0.05, 0) is 47.4 Å². The molecular formula is C22H24N2O5S. The summed E-state index contributed by atoms with van der Waals surface area (Å²) in [5, 5.41) is 15.9. The fourth-order valence-corrected chi connectivity index (χ4v) is 4.27. The molecule has 1 saturated heterocycles. The van der Waals surface area contributed by atoms with Crippen molar-refractivity contribution in [3.63, 3.8) is 0 Å². The summed E-state index contributed by atoms with van der Waals surface area (Å²) < 4.78 is 0. The Morgan fingerprint density at radius 1 is 1.13 bits per heavy atom. The van der Waals surface area contributed by atoms with E-state index in [1.165, 1.54) is 16.2 Å². The minimum absolute atomic E-state index is 0.0501. The Labute approximate surface area is 178 Å². The Morgan fingerprint density at radius 3 is 2.57 bits per heavy atom. The second-order valence-corrected chi connectivity index (χ2v) is 8.06. The number of benzene rings is 1. The highest BCUT2D eigenvalue weighted by Gasteiger charge is 2.34. The zero-order chi connectivity index (χ0) is 21.5. The lowest BCUT2D eigenvalue weighted by atomic mass is 10.00. The Hall–Kier alpha value is -3.00. The first-order valence-electron chi connectivity index (χ1n) is 9.87. The maximum Gasteiger partial charge on any atom is 0.326 e. The van der Waals surface area contributed by atoms with Gasteiger partial charge in [0.2, 0.25) is 5.91 Å². The number of amides is 2. The quantitative estimate of drug-likeness (QED) is 0.639. The van der Waals surface area contributed by atoms with Gasteiger partial charge < -0.3 is 15.3 Å². The molecule has 7 nitrogen and oxygen atoms in total. The molecule has 158 valence electrons. The van der Waals surface area contributed by atoms with Crippen LogP contribution >= 0.6 is 11.3 Å². The van der Waals surface area contributed by atoms with Gasteiger partial charge in [-0.2, -0.15) is 11.3 Å². The lowest BCUT2D eigenvalue weighted by Crippen LogP contribution is -2.43. The van der Waals surface area contributed by atoms with Crippen molar-refractivity contribution in [3.05, 3.63) is 58.3 Å². The Balaban J connectivity index is 1.63. The number of likely N-dealkylation sites (tertiary alicyclic amines) is 1. The van der Waals surface area contributed by atoms with Crippen LogP contribution in [-0.2, 0) is 20.8 Å². The fraction of sp³-hybridized carbons (Fsp3) is 0.364. The third kappa shape index (κ3) is 5.54. The molecule has 30 heavy (non-hydrogen) atoms. The van der Waals surface area contributed by atoms with Crippen LogP contribution in [0.4, 0.5) is 0 Å². The topological polar surface area (TPSA) is 104 Å². The second kappa shape index (κ2) is 10.2. The number of thiophene rings is 1. The van der Waals surface area contributed by atoms with Crippen LogP contribution in [0.15, 0.2) is 47.2 Å². The molecular weight excluding hydrogens is 404 g/mol. The highest BCUT2D eigenvalue weighted by atomic mass is 32.1. The highest BCUT2D eigenvalue weighted by Crippen LogP contribution is 2.19. The van der Waals surface area contributed by atoms with Crippen LogP contribution in [0.5, 0.6) is 0 Å². The van der Waals surface area contributed by atoms with Crippen molar-refractivity contribution in [2.75, 3.05) is 6.54 Å². The molecule has 2 aromatic rings. The van der Waals surface area contributed by atoms with E-state index >= 15 is 0 Å². The van der Waals surface area contributed by atoms with E-state index in [4.69, 9.17) is 0 Å². The second-order valence-electron chi connectivity index (χ2n) is 7.28. The zero-order valence-corrected chi connectivity index (χ0v) is 17.3. The van der Waals surface area contributed by atoms with Gasteiger partial charge in [0.15, 0.2) is 5.78 Å². The molecule has 1 aliphatic heterocycles. The molecule has 2 amide bonds. The van der Waals surface area contributed by atoms with E-state index in [9.17, 15) is 24.3 Å². The minimum atomic E-state index is -1.02. The van der Waals surface area contributed by atoms with Crippen molar-refractivity contribution < 1.29 is 24.3 Å². The lowest BCUT2D eigenvalue weighted by Gasteiger charge is -2.22. The van der Waals surface area contributed by atoms with E-state index in [-0.39, 0.29) is 30.4 Å². The van der Waals surface area contributed by atoms with Crippen LogP contribution < -0.4 is 5.32 Å². The molecule has 0 spiro atoms. The first-order chi connectivity index (χ1) is 14.5.